The van der Waals surface area contributed by atoms with Gasteiger partial charge < -0.3 is 14.5 Å². The third kappa shape index (κ3) is 7.28. The summed E-state index contributed by atoms with van der Waals surface area (Å²) in [5, 5.41) is 0. The molecule has 0 N–H and O–H groups in total. The first-order valence-electron chi connectivity index (χ1n) is 11.0. The predicted octanol–water partition coefficient (Wildman–Crippen LogP) is 3.13. The lowest BCUT2D eigenvalue weighted by Crippen LogP contribution is -2.30. The van der Waals surface area contributed by atoms with Crippen LogP contribution in [0.25, 0.3) is 0 Å². The van der Waals surface area contributed by atoms with Crippen LogP contribution < -0.4 is 9.64 Å². The van der Waals surface area contributed by atoms with E-state index < -0.39 is 10.0 Å². The second-order valence-corrected chi connectivity index (χ2v) is 10.8. The number of ketones is 1. The topological polar surface area (TPSA) is 70.2 Å². The number of carbonyl (C=O) groups excluding carboxylic acids is 1. The number of methoxy groups -OCH3 is 1. The molecule has 0 aliphatic rings. The molecular formula is C25H37N3O4S. The van der Waals surface area contributed by atoms with Crippen molar-refractivity contribution in [2.75, 3.05) is 59.8 Å². The minimum atomic E-state index is -3.70. The van der Waals surface area contributed by atoms with Crippen LogP contribution in [0.4, 0.5) is 5.69 Å². The quantitative estimate of drug-likeness (QED) is 0.470. The van der Waals surface area contributed by atoms with E-state index in [0.29, 0.717) is 16.9 Å². The Kier molecular flexibility index (Phi) is 9.46. The first-order chi connectivity index (χ1) is 15.4. The molecule has 0 spiro atoms. The van der Waals surface area contributed by atoms with Gasteiger partial charge in [-0.05, 0) is 68.9 Å². The van der Waals surface area contributed by atoms with Gasteiger partial charge in [-0.2, -0.15) is 0 Å². The van der Waals surface area contributed by atoms with E-state index >= 15 is 0 Å². The number of sulfonamides is 1. The van der Waals surface area contributed by atoms with Gasteiger partial charge in [0.2, 0.25) is 10.0 Å². The van der Waals surface area contributed by atoms with Crippen molar-refractivity contribution in [1.82, 2.24) is 9.21 Å². The number of likely N-dealkylation sites (N-methyl/N-ethyl adjacent to an activating group) is 2. The highest BCUT2D eigenvalue weighted by atomic mass is 32.2. The third-order valence-electron chi connectivity index (χ3n) is 5.70. The maximum absolute atomic E-state index is 13.1. The Bertz CT molecular complexity index is 1030. The molecule has 0 fully saturated rings. The highest BCUT2D eigenvalue weighted by Crippen LogP contribution is 2.27. The predicted molar refractivity (Wildman–Crippen MR) is 134 cm³/mol. The number of rotatable bonds is 12. The Balaban J connectivity index is 1.96. The van der Waals surface area contributed by atoms with Crippen molar-refractivity contribution >= 4 is 21.5 Å². The zero-order chi connectivity index (χ0) is 24.8. The monoisotopic (exact) mass is 475 g/mol. The molecule has 2 rings (SSSR count). The van der Waals surface area contributed by atoms with Crippen LogP contribution in [0.2, 0.25) is 0 Å². The molecule has 2 aromatic carbocycles. The fourth-order valence-electron chi connectivity index (χ4n) is 3.66. The van der Waals surface area contributed by atoms with Gasteiger partial charge in [0.15, 0.2) is 0 Å². The van der Waals surface area contributed by atoms with E-state index in [4.69, 9.17) is 4.74 Å². The molecule has 0 aromatic heterocycles. The number of aryl methyl sites for hydroxylation is 2. The average molecular weight is 476 g/mol. The van der Waals surface area contributed by atoms with E-state index in [-0.39, 0.29) is 30.1 Å². The van der Waals surface area contributed by atoms with Gasteiger partial charge in [0.1, 0.15) is 11.5 Å². The summed E-state index contributed by atoms with van der Waals surface area (Å²) in [4.78, 5) is 17.1. The molecule has 0 bridgehead atoms. The van der Waals surface area contributed by atoms with Crippen LogP contribution in [0.15, 0.2) is 41.3 Å². The van der Waals surface area contributed by atoms with Crippen molar-refractivity contribution in [2.45, 2.75) is 31.6 Å². The molecule has 0 saturated carbocycles. The maximum Gasteiger partial charge on any atom is 0.243 e. The van der Waals surface area contributed by atoms with Crippen LogP contribution in [0.5, 0.6) is 5.75 Å². The van der Waals surface area contributed by atoms with Gasteiger partial charge in [-0.1, -0.05) is 12.1 Å². The summed E-state index contributed by atoms with van der Waals surface area (Å²) in [5.74, 6) is 0.630. The number of ether oxygens (including phenoxy) is 1. The van der Waals surface area contributed by atoms with Gasteiger partial charge in [0.05, 0.1) is 12.0 Å². The van der Waals surface area contributed by atoms with Crippen LogP contribution in [0, 0.1) is 13.8 Å². The van der Waals surface area contributed by atoms with Gasteiger partial charge in [0, 0.05) is 52.3 Å². The van der Waals surface area contributed by atoms with Crippen LogP contribution in [-0.2, 0) is 21.2 Å². The van der Waals surface area contributed by atoms with Crippen LogP contribution in [0.3, 0.4) is 0 Å². The second-order valence-electron chi connectivity index (χ2n) is 8.77. The summed E-state index contributed by atoms with van der Waals surface area (Å²) in [6.07, 6.45) is 0.449. The first kappa shape index (κ1) is 26.8. The van der Waals surface area contributed by atoms with Gasteiger partial charge >= 0.3 is 0 Å². The molecular weight excluding hydrogens is 438 g/mol. The van der Waals surface area contributed by atoms with Crippen molar-refractivity contribution in [3.05, 3.63) is 53.1 Å². The molecule has 0 amide bonds. The molecule has 0 saturated heterocycles. The molecule has 33 heavy (non-hydrogen) atoms. The number of Topliss-reactive ketones (excluding diaryl/α,β-unsaturated/α-hetero) is 1. The minimum absolute atomic E-state index is 0.00828. The second kappa shape index (κ2) is 11.6. The lowest BCUT2D eigenvalue weighted by molar-refractivity contribution is -0.118. The number of hydrogen-bond acceptors (Lipinski definition) is 6. The van der Waals surface area contributed by atoms with Crippen LogP contribution in [-0.4, -0.2) is 78.3 Å². The van der Waals surface area contributed by atoms with E-state index in [9.17, 15) is 13.2 Å². The van der Waals surface area contributed by atoms with E-state index in [2.05, 4.69) is 9.80 Å². The van der Waals surface area contributed by atoms with Gasteiger partial charge in [-0.25, -0.2) is 12.7 Å². The Labute approximate surface area is 199 Å². The summed E-state index contributed by atoms with van der Waals surface area (Å²) >= 11 is 0. The Morgan fingerprint density at radius 3 is 2.00 bits per heavy atom. The van der Waals surface area contributed by atoms with E-state index in [1.54, 1.807) is 33.1 Å². The zero-order valence-electron chi connectivity index (χ0n) is 20.9. The van der Waals surface area contributed by atoms with Crippen LogP contribution >= 0.6 is 0 Å². The number of nitrogens with zero attached hydrogens (tertiary/aromatic N) is 3. The van der Waals surface area contributed by atoms with Gasteiger partial charge in [-0.15, -0.1) is 0 Å². The molecule has 0 aliphatic heterocycles. The van der Waals surface area contributed by atoms with Crippen molar-refractivity contribution < 1.29 is 17.9 Å². The fourth-order valence-corrected chi connectivity index (χ4v) is 5.23. The first-order valence-corrected chi connectivity index (χ1v) is 12.5. The number of anilines is 1. The fraction of sp³-hybridized carbons (Fsp3) is 0.480. The summed E-state index contributed by atoms with van der Waals surface area (Å²) in [5.41, 5.74) is 3.28. The molecule has 182 valence electrons. The molecule has 0 unspecified atom stereocenters. The average Bonchev–Trinajstić information content (AvgIpc) is 2.75. The largest absolute Gasteiger partial charge is 0.497 e. The number of carbonyl (C=O) groups is 1. The molecule has 0 heterocycles. The third-order valence-corrected chi connectivity index (χ3v) is 7.87. The number of benzene rings is 2. The molecule has 7 nitrogen and oxygen atoms in total. The van der Waals surface area contributed by atoms with Crippen molar-refractivity contribution in [3.8, 4) is 5.75 Å². The highest BCUT2D eigenvalue weighted by molar-refractivity contribution is 7.89. The molecule has 0 aliphatic carbocycles. The van der Waals surface area contributed by atoms with Crippen molar-refractivity contribution in [2.24, 2.45) is 0 Å². The van der Waals surface area contributed by atoms with Gasteiger partial charge in [-0.3, -0.25) is 4.79 Å². The Morgan fingerprint density at radius 1 is 0.909 bits per heavy atom. The van der Waals surface area contributed by atoms with Crippen molar-refractivity contribution in [1.29, 1.82) is 0 Å². The SMILES string of the molecule is COc1cc(C)c(S(=O)(=O)N(C)CCC(=O)Cc2ccc(N(C)CCN(C)C)cc2)c(C)c1. The summed E-state index contributed by atoms with van der Waals surface area (Å²) < 4.78 is 32.7. The molecule has 2 aromatic rings. The molecule has 8 heteroatoms. The lowest BCUT2D eigenvalue weighted by Gasteiger charge is -2.22. The van der Waals surface area contributed by atoms with E-state index in [1.165, 1.54) is 11.4 Å². The summed E-state index contributed by atoms with van der Waals surface area (Å²) in [7, 11) is 5.51. The van der Waals surface area contributed by atoms with E-state index in [0.717, 1.165) is 24.3 Å². The standard InChI is InChI=1S/C25H37N3O4S/c1-19-16-24(32-7)17-20(2)25(19)33(30,31)28(6)13-12-23(29)18-21-8-10-22(11-9-21)27(5)15-14-26(3)4/h8-11,16-17H,12-15,18H2,1-7H3. The van der Waals surface area contributed by atoms with E-state index in [1.807, 2.05) is 45.4 Å². The van der Waals surface area contributed by atoms with Crippen molar-refractivity contribution in [3.63, 3.8) is 0 Å². The summed E-state index contributed by atoms with van der Waals surface area (Å²) in [6, 6.07) is 11.4. The number of hydrogen-bond donors (Lipinski definition) is 0. The summed E-state index contributed by atoms with van der Waals surface area (Å²) in [6.45, 7) is 5.52. The van der Waals surface area contributed by atoms with Gasteiger partial charge in [0.25, 0.3) is 0 Å². The maximum atomic E-state index is 13.1. The zero-order valence-corrected chi connectivity index (χ0v) is 21.7. The van der Waals surface area contributed by atoms with Crippen LogP contribution in [0.1, 0.15) is 23.1 Å². The molecule has 0 atom stereocenters. The lowest BCUT2D eigenvalue weighted by atomic mass is 10.1. The Hall–Kier alpha value is -2.42. The smallest absolute Gasteiger partial charge is 0.243 e. The minimum Gasteiger partial charge on any atom is -0.497 e. The highest BCUT2D eigenvalue weighted by Gasteiger charge is 2.25. The molecule has 0 radical (unpaired) electrons. The normalized spacial score (nSPS) is 11.8. The Morgan fingerprint density at radius 2 is 1.48 bits per heavy atom.